The SMILES string of the molecule is [CH2-]C/C=C\CCCOCCCCCCCCCC.[Li+]. The molecule has 0 amide bonds. The zero-order valence-electron chi connectivity index (χ0n) is 13.5. The molecule has 0 N–H and O–H groups in total. The van der Waals surface area contributed by atoms with Gasteiger partial charge in [-0.1, -0.05) is 57.9 Å². The smallest absolute Gasteiger partial charge is 0.381 e. The predicted octanol–water partition coefficient (Wildman–Crippen LogP) is 2.71. The third kappa shape index (κ3) is 20.8. The third-order valence-corrected chi connectivity index (χ3v) is 3.14. The van der Waals surface area contributed by atoms with Gasteiger partial charge in [-0.25, -0.2) is 0 Å². The molecule has 0 saturated carbocycles. The predicted molar refractivity (Wildman–Crippen MR) is 81.8 cm³/mol. The fourth-order valence-corrected chi connectivity index (χ4v) is 1.98. The van der Waals surface area contributed by atoms with Crippen LogP contribution in [0.1, 0.15) is 77.6 Å². The molecule has 0 aliphatic carbocycles. The van der Waals surface area contributed by atoms with Crippen molar-refractivity contribution in [3.05, 3.63) is 19.1 Å². The normalized spacial score (nSPS) is 10.8. The van der Waals surface area contributed by atoms with Crippen molar-refractivity contribution in [2.75, 3.05) is 13.2 Å². The van der Waals surface area contributed by atoms with Crippen molar-refractivity contribution < 1.29 is 23.6 Å². The van der Waals surface area contributed by atoms with E-state index in [1.807, 2.05) is 0 Å². The fourth-order valence-electron chi connectivity index (χ4n) is 1.98. The molecule has 0 saturated heterocycles. The maximum atomic E-state index is 5.61. The Labute approximate surface area is 133 Å². The van der Waals surface area contributed by atoms with Crippen molar-refractivity contribution in [1.29, 1.82) is 0 Å². The molecule has 0 aromatic rings. The molecule has 0 aliphatic rings. The van der Waals surface area contributed by atoms with Crippen molar-refractivity contribution in [3.8, 4) is 0 Å². The van der Waals surface area contributed by atoms with E-state index in [9.17, 15) is 0 Å². The largest absolute Gasteiger partial charge is 1.00 e. The van der Waals surface area contributed by atoms with Gasteiger partial charge >= 0.3 is 18.9 Å². The van der Waals surface area contributed by atoms with Crippen LogP contribution >= 0.6 is 0 Å². The van der Waals surface area contributed by atoms with Crippen molar-refractivity contribution >= 4 is 0 Å². The van der Waals surface area contributed by atoms with Gasteiger partial charge < -0.3 is 11.7 Å². The van der Waals surface area contributed by atoms with Crippen LogP contribution in [0.25, 0.3) is 0 Å². The average molecular weight is 260 g/mol. The molecule has 0 bridgehead atoms. The van der Waals surface area contributed by atoms with E-state index in [0.29, 0.717) is 0 Å². The maximum Gasteiger partial charge on any atom is 1.00 e. The van der Waals surface area contributed by atoms with Crippen LogP contribution in [-0.4, -0.2) is 13.2 Å². The van der Waals surface area contributed by atoms with E-state index in [2.05, 4.69) is 26.0 Å². The van der Waals surface area contributed by atoms with Crippen LogP contribution in [-0.2, 0) is 4.74 Å². The Hall–Kier alpha value is 0.297. The Morgan fingerprint density at radius 2 is 1.37 bits per heavy atom. The van der Waals surface area contributed by atoms with Gasteiger partial charge in [-0.3, -0.25) is 0 Å². The minimum Gasteiger partial charge on any atom is -0.381 e. The summed E-state index contributed by atoms with van der Waals surface area (Å²) in [7, 11) is 0. The van der Waals surface area contributed by atoms with Crippen LogP contribution in [0.4, 0.5) is 0 Å². The summed E-state index contributed by atoms with van der Waals surface area (Å²) < 4.78 is 5.61. The maximum absolute atomic E-state index is 5.61. The van der Waals surface area contributed by atoms with Crippen molar-refractivity contribution in [3.63, 3.8) is 0 Å². The van der Waals surface area contributed by atoms with E-state index in [0.717, 1.165) is 32.5 Å². The Balaban J connectivity index is 0. The quantitative estimate of drug-likeness (QED) is 0.202. The van der Waals surface area contributed by atoms with E-state index < -0.39 is 0 Å². The van der Waals surface area contributed by atoms with Crippen LogP contribution < -0.4 is 18.9 Å². The number of hydrogen-bond acceptors (Lipinski definition) is 1. The molecule has 0 unspecified atom stereocenters. The van der Waals surface area contributed by atoms with Gasteiger partial charge in [0.1, 0.15) is 0 Å². The molecule has 0 fully saturated rings. The first-order valence-corrected chi connectivity index (χ1v) is 7.93. The summed E-state index contributed by atoms with van der Waals surface area (Å²) in [6.45, 7) is 7.90. The van der Waals surface area contributed by atoms with Crippen LogP contribution in [0.2, 0.25) is 0 Å². The average Bonchev–Trinajstić information content (AvgIpc) is 2.39. The van der Waals surface area contributed by atoms with Gasteiger partial charge in [0, 0.05) is 13.2 Å². The van der Waals surface area contributed by atoms with Gasteiger partial charge in [0.25, 0.3) is 0 Å². The van der Waals surface area contributed by atoms with Crippen molar-refractivity contribution in [1.82, 2.24) is 0 Å². The van der Waals surface area contributed by atoms with Gasteiger partial charge in [-0.2, -0.15) is 6.42 Å². The number of allylic oxidation sites excluding steroid dienone is 2. The Kier molecular flexibility index (Phi) is 23.4. The number of unbranched alkanes of at least 4 members (excludes halogenated alkanes) is 8. The molecule has 0 radical (unpaired) electrons. The number of ether oxygens (including phenoxy) is 1. The number of hydrogen-bond donors (Lipinski definition) is 0. The number of rotatable bonds is 14. The molecule has 1 nitrogen and oxygen atoms in total. The van der Waals surface area contributed by atoms with Crippen LogP contribution in [0.5, 0.6) is 0 Å². The molecule has 0 atom stereocenters. The summed E-state index contributed by atoms with van der Waals surface area (Å²) >= 11 is 0. The molecule has 108 valence electrons. The first kappa shape index (κ1) is 21.6. The van der Waals surface area contributed by atoms with E-state index >= 15 is 0 Å². The second-order valence-corrected chi connectivity index (χ2v) is 4.99. The Morgan fingerprint density at radius 3 is 2.00 bits per heavy atom. The summed E-state index contributed by atoms with van der Waals surface area (Å²) in [5.74, 6) is 0. The summed E-state index contributed by atoms with van der Waals surface area (Å²) in [4.78, 5) is 0. The minimum atomic E-state index is 0. The van der Waals surface area contributed by atoms with Crippen LogP contribution in [0, 0.1) is 6.92 Å². The molecule has 2 heteroatoms. The summed E-state index contributed by atoms with van der Waals surface area (Å²) in [6, 6.07) is 0. The standard InChI is InChI=1S/C17H33O.Li/c1-3-5-7-9-10-11-13-15-17-18-16-14-12-8-6-4-2;/h6,8H,2-5,7,9-17H2,1H3;/q-1;+1/b8-6-;. The van der Waals surface area contributed by atoms with E-state index in [1.165, 1.54) is 51.4 Å². The minimum absolute atomic E-state index is 0. The summed E-state index contributed by atoms with van der Waals surface area (Å²) in [5.41, 5.74) is 0. The molecule has 0 aromatic carbocycles. The first-order chi connectivity index (χ1) is 8.91. The van der Waals surface area contributed by atoms with E-state index in [1.54, 1.807) is 0 Å². The summed E-state index contributed by atoms with van der Waals surface area (Å²) in [6.07, 6.45) is 18.5. The van der Waals surface area contributed by atoms with Gasteiger partial charge in [0.2, 0.25) is 0 Å². The van der Waals surface area contributed by atoms with Gasteiger partial charge in [-0.05, 0) is 19.3 Å². The first-order valence-electron chi connectivity index (χ1n) is 7.93. The van der Waals surface area contributed by atoms with Gasteiger partial charge in [-0.15, -0.1) is 6.08 Å². The Morgan fingerprint density at radius 1 is 0.789 bits per heavy atom. The van der Waals surface area contributed by atoms with Crippen molar-refractivity contribution in [2.45, 2.75) is 77.6 Å². The molecule has 0 aliphatic heterocycles. The molecule has 0 rings (SSSR count). The Bertz CT molecular complexity index is 169. The molecular formula is C17H33LiO. The summed E-state index contributed by atoms with van der Waals surface area (Å²) in [5, 5.41) is 0. The van der Waals surface area contributed by atoms with Crippen LogP contribution in [0.15, 0.2) is 12.2 Å². The third-order valence-electron chi connectivity index (χ3n) is 3.14. The topological polar surface area (TPSA) is 9.23 Å². The monoisotopic (exact) mass is 260 g/mol. The van der Waals surface area contributed by atoms with Gasteiger partial charge in [0.05, 0.1) is 0 Å². The molecule has 0 spiro atoms. The molecule has 19 heavy (non-hydrogen) atoms. The fraction of sp³-hybridized carbons (Fsp3) is 0.824. The molecule has 0 aromatic heterocycles. The van der Waals surface area contributed by atoms with E-state index in [4.69, 9.17) is 4.74 Å². The second-order valence-electron chi connectivity index (χ2n) is 4.99. The molecule has 0 heterocycles. The van der Waals surface area contributed by atoms with Crippen LogP contribution in [0.3, 0.4) is 0 Å². The zero-order chi connectivity index (χ0) is 13.3. The van der Waals surface area contributed by atoms with Crippen molar-refractivity contribution in [2.24, 2.45) is 0 Å². The second kappa shape index (κ2) is 20.6. The molecular weight excluding hydrogens is 227 g/mol. The van der Waals surface area contributed by atoms with E-state index in [-0.39, 0.29) is 18.9 Å². The zero-order valence-corrected chi connectivity index (χ0v) is 13.5. The van der Waals surface area contributed by atoms with Gasteiger partial charge in [0.15, 0.2) is 0 Å².